The highest BCUT2D eigenvalue weighted by Gasteiger charge is 2.10. The van der Waals surface area contributed by atoms with Crippen molar-refractivity contribution in [1.29, 1.82) is 0 Å². The molecule has 2 rings (SSSR count). The number of imidazole rings is 1. The molecule has 2 aromatic rings. The van der Waals surface area contributed by atoms with E-state index in [2.05, 4.69) is 4.98 Å². The van der Waals surface area contributed by atoms with E-state index in [4.69, 9.17) is 17.3 Å². The van der Waals surface area contributed by atoms with E-state index in [-0.39, 0.29) is 0 Å². The lowest BCUT2D eigenvalue weighted by atomic mass is 10.1. The summed E-state index contributed by atoms with van der Waals surface area (Å²) in [5, 5.41) is 0.665. The summed E-state index contributed by atoms with van der Waals surface area (Å²) in [5.74, 6) is 0.623. The predicted octanol–water partition coefficient (Wildman–Crippen LogP) is 2.32. The summed E-state index contributed by atoms with van der Waals surface area (Å²) in [6.45, 7) is 0. The van der Waals surface area contributed by atoms with Crippen molar-refractivity contribution in [3.05, 3.63) is 35.6 Å². The molecule has 72 valence electrons. The topological polar surface area (TPSA) is 43.8 Å². The van der Waals surface area contributed by atoms with Crippen LogP contribution in [0.4, 0.5) is 5.82 Å². The molecule has 0 amide bonds. The normalized spacial score (nSPS) is 10.4. The lowest BCUT2D eigenvalue weighted by Crippen LogP contribution is -1.95. The number of nitrogens with zero attached hydrogens (tertiary/aromatic N) is 2. The first-order chi connectivity index (χ1) is 6.70. The van der Waals surface area contributed by atoms with Crippen molar-refractivity contribution in [3.8, 4) is 11.3 Å². The molecule has 0 aliphatic carbocycles. The molecular formula is C10H10ClN3. The van der Waals surface area contributed by atoms with Gasteiger partial charge in [-0.2, -0.15) is 0 Å². The van der Waals surface area contributed by atoms with Crippen LogP contribution in [-0.4, -0.2) is 9.55 Å². The van der Waals surface area contributed by atoms with Crippen molar-refractivity contribution in [1.82, 2.24) is 9.55 Å². The number of anilines is 1. The zero-order chi connectivity index (χ0) is 10.1. The van der Waals surface area contributed by atoms with Crippen molar-refractivity contribution in [2.75, 3.05) is 5.73 Å². The van der Waals surface area contributed by atoms with E-state index in [1.165, 1.54) is 0 Å². The monoisotopic (exact) mass is 207 g/mol. The van der Waals surface area contributed by atoms with Gasteiger partial charge in [-0.3, -0.25) is 0 Å². The van der Waals surface area contributed by atoms with Gasteiger partial charge in [0.15, 0.2) is 0 Å². The molecule has 0 radical (unpaired) electrons. The van der Waals surface area contributed by atoms with Gasteiger partial charge in [0.05, 0.1) is 11.3 Å². The number of aromatic nitrogens is 2. The fourth-order valence-electron chi connectivity index (χ4n) is 1.30. The predicted molar refractivity (Wildman–Crippen MR) is 58.1 cm³/mol. The number of rotatable bonds is 1. The Morgan fingerprint density at radius 2 is 2.07 bits per heavy atom. The summed E-state index contributed by atoms with van der Waals surface area (Å²) in [4.78, 5) is 4.20. The van der Waals surface area contributed by atoms with Gasteiger partial charge in [0, 0.05) is 12.6 Å². The number of nitrogen functional groups attached to an aromatic ring is 1. The summed E-state index contributed by atoms with van der Waals surface area (Å²) in [6, 6.07) is 7.52. The fourth-order valence-corrected chi connectivity index (χ4v) is 1.53. The Morgan fingerprint density at radius 3 is 2.64 bits per heavy atom. The van der Waals surface area contributed by atoms with E-state index >= 15 is 0 Å². The minimum Gasteiger partial charge on any atom is -0.383 e. The molecule has 0 unspecified atom stereocenters. The van der Waals surface area contributed by atoms with Crippen molar-refractivity contribution in [2.24, 2.45) is 7.05 Å². The maximum absolute atomic E-state index is 6.04. The van der Waals surface area contributed by atoms with Gasteiger partial charge in [0.25, 0.3) is 0 Å². The molecule has 0 aliphatic rings. The van der Waals surface area contributed by atoms with Crippen LogP contribution in [0.2, 0.25) is 5.02 Å². The van der Waals surface area contributed by atoms with Crippen LogP contribution >= 0.6 is 11.6 Å². The van der Waals surface area contributed by atoms with Crippen LogP contribution in [0.15, 0.2) is 30.6 Å². The second-order valence-corrected chi connectivity index (χ2v) is 3.48. The molecule has 0 saturated carbocycles. The molecule has 3 nitrogen and oxygen atoms in total. The summed E-state index contributed by atoms with van der Waals surface area (Å²) in [5.41, 5.74) is 7.45. The Labute approximate surface area is 87.1 Å². The third-order valence-corrected chi connectivity index (χ3v) is 2.44. The lowest BCUT2D eigenvalue weighted by molar-refractivity contribution is 0.925. The van der Waals surface area contributed by atoms with Gasteiger partial charge in [-0.1, -0.05) is 29.8 Å². The van der Waals surface area contributed by atoms with Crippen LogP contribution in [-0.2, 0) is 7.05 Å². The molecule has 0 aliphatic heterocycles. The van der Waals surface area contributed by atoms with Crippen LogP contribution in [0.3, 0.4) is 0 Å². The van der Waals surface area contributed by atoms with Gasteiger partial charge >= 0.3 is 0 Å². The second kappa shape index (κ2) is 3.35. The van der Waals surface area contributed by atoms with E-state index in [1.807, 2.05) is 31.3 Å². The number of nitrogens with two attached hydrogens (primary N) is 1. The summed E-state index contributed by atoms with van der Waals surface area (Å²) < 4.78 is 1.76. The largest absolute Gasteiger partial charge is 0.383 e. The van der Waals surface area contributed by atoms with Gasteiger partial charge < -0.3 is 10.3 Å². The van der Waals surface area contributed by atoms with Gasteiger partial charge in [0.1, 0.15) is 11.5 Å². The van der Waals surface area contributed by atoms with E-state index in [1.54, 1.807) is 10.9 Å². The van der Waals surface area contributed by atoms with Crippen molar-refractivity contribution in [3.63, 3.8) is 0 Å². The molecule has 14 heavy (non-hydrogen) atoms. The number of aryl methyl sites for hydroxylation is 1. The standard InChI is InChI=1S/C10H10ClN3/c1-14-6-13-9(10(14)12)7-4-2-3-5-8(7)11/h2-6H,12H2,1H3. The van der Waals surface area contributed by atoms with Crippen LogP contribution < -0.4 is 5.73 Å². The van der Waals surface area contributed by atoms with E-state index < -0.39 is 0 Å². The molecular weight excluding hydrogens is 198 g/mol. The Balaban J connectivity index is 2.60. The fraction of sp³-hybridized carbons (Fsp3) is 0.100. The average Bonchev–Trinajstić information content (AvgIpc) is 2.49. The van der Waals surface area contributed by atoms with E-state index in [9.17, 15) is 0 Å². The molecule has 4 heteroatoms. The molecule has 0 bridgehead atoms. The quantitative estimate of drug-likeness (QED) is 0.780. The van der Waals surface area contributed by atoms with Crippen LogP contribution in [0.25, 0.3) is 11.3 Å². The molecule has 1 aromatic heterocycles. The lowest BCUT2D eigenvalue weighted by Gasteiger charge is -2.02. The van der Waals surface area contributed by atoms with Gasteiger partial charge in [-0.15, -0.1) is 0 Å². The maximum atomic E-state index is 6.04. The molecule has 0 atom stereocenters. The summed E-state index contributed by atoms with van der Waals surface area (Å²) in [7, 11) is 1.85. The molecule has 0 fully saturated rings. The van der Waals surface area contributed by atoms with Crippen molar-refractivity contribution >= 4 is 17.4 Å². The highest BCUT2D eigenvalue weighted by molar-refractivity contribution is 6.33. The van der Waals surface area contributed by atoms with Crippen molar-refractivity contribution in [2.45, 2.75) is 0 Å². The number of hydrogen-bond donors (Lipinski definition) is 1. The Bertz CT molecular complexity index is 462. The van der Waals surface area contributed by atoms with Crippen LogP contribution in [0.5, 0.6) is 0 Å². The highest BCUT2D eigenvalue weighted by atomic mass is 35.5. The van der Waals surface area contributed by atoms with E-state index in [0.717, 1.165) is 11.3 Å². The molecule has 1 heterocycles. The first-order valence-electron chi connectivity index (χ1n) is 4.22. The minimum atomic E-state index is 0.623. The second-order valence-electron chi connectivity index (χ2n) is 3.07. The number of benzene rings is 1. The molecule has 0 spiro atoms. The Morgan fingerprint density at radius 1 is 1.36 bits per heavy atom. The number of hydrogen-bond acceptors (Lipinski definition) is 2. The smallest absolute Gasteiger partial charge is 0.131 e. The summed E-state index contributed by atoms with van der Waals surface area (Å²) >= 11 is 6.04. The Hall–Kier alpha value is -1.48. The Kier molecular flexibility index (Phi) is 2.17. The molecule has 2 N–H and O–H groups in total. The average molecular weight is 208 g/mol. The van der Waals surface area contributed by atoms with Crippen LogP contribution in [0, 0.1) is 0 Å². The first kappa shape index (κ1) is 9.09. The number of halogens is 1. The first-order valence-corrected chi connectivity index (χ1v) is 4.59. The zero-order valence-electron chi connectivity index (χ0n) is 7.74. The third-order valence-electron chi connectivity index (χ3n) is 2.11. The highest BCUT2D eigenvalue weighted by Crippen LogP contribution is 2.29. The third kappa shape index (κ3) is 1.36. The van der Waals surface area contributed by atoms with E-state index in [0.29, 0.717) is 10.8 Å². The SMILES string of the molecule is Cn1cnc(-c2ccccc2Cl)c1N. The van der Waals surface area contributed by atoms with Crippen LogP contribution in [0.1, 0.15) is 0 Å². The maximum Gasteiger partial charge on any atom is 0.131 e. The van der Waals surface area contributed by atoms with Gasteiger partial charge in [-0.25, -0.2) is 4.98 Å². The van der Waals surface area contributed by atoms with Gasteiger partial charge in [-0.05, 0) is 6.07 Å². The van der Waals surface area contributed by atoms with Gasteiger partial charge in [0.2, 0.25) is 0 Å². The molecule has 1 aromatic carbocycles. The minimum absolute atomic E-state index is 0.623. The zero-order valence-corrected chi connectivity index (χ0v) is 8.49. The van der Waals surface area contributed by atoms with Crippen molar-refractivity contribution < 1.29 is 0 Å². The molecule has 0 saturated heterocycles. The summed E-state index contributed by atoms with van der Waals surface area (Å²) in [6.07, 6.45) is 1.67.